The third-order valence-corrected chi connectivity index (χ3v) is 9.10. The van der Waals surface area contributed by atoms with Gasteiger partial charge in [0.05, 0.1) is 12.2 Å². The van der Waals surface area contributed by atoms with Crippen LogP contribution in [0.1, 0.15) is 58.8 Å². The Balaban J connectivity index is 1.53. The van der Waals surface area contributed by atoms with Crippen LogP contribution in [0.15, 0.2) is 0 Å². The van der Waals surface area contributed by atoms with Crippen LogP contribution in [0.3, 0.4) is 0 Å². The summed E-state index contributed by atoms with van der Waals surface area (Å²) < 4.78 is 6.07. The van der Waals surface area contributed by atoms with E-state index in [9.17, 15) is 15.2 Å². The Bertz CT molecular complexity index is 656. The molecule has 4 aliphatic carbocycles. The monoisotopic (exact) mass is 329 g/mol. The highest BCUT2D eigenvalue weighted by atomic mass is 16.6. The van der Waals surface area contributed by atoms with Crippen molar-refractivity contribution >= 4 is 5.78 Å². The maximum atomic E-state index is 12.4. The molecule has 1 unspecified atom stereocenters. The lowest BCUT2D eigenvalue weighted by atomic mass is 9.44. The van der Waals surface area contributed by atoms with E-state index in [1.54, 1.807) is 0 Å². The van der Waals surface area contributed by atoms with Gasteiger partial charge in [-0.3, -0.25) is 4.79 Å². The summed E-state index contributed by atoms with van der Waals surface area (Å²) in [4.78, 5) is 12.4. The maximum Gasteiger partial charge on any atom is 0.181 e. The molecule has 1 N–H and O–H groups in total. The molecule has 130 valence electrons. The molecule has 0 bridgehead atoms. The number of nitriles is 1. The van der Waals surface area contributed by atoms with Crippen LogP contribution in [-0.4, -0.2) is 28.7 Å². The first-order chi connectivity index (χ1) is 11.4. The van der Waals surface area contributed by atoms with Gasteiger partial charge in [-0.15, -0.1) is 0 Å². The lowest BCUT2D eigenvalue weighted by Gasteiger charge is -2.59. The van der Waals surface area contributed by atoms with Gasteiger partial charge < -0.3 is 9.84 Å². The van der Waals surface area contributed by atoms with Crippen LogP contribution >= 0.6 is 0 Å². The molecule has 0 aromatic carbocycles. The van der Waals surface area contributed by atoms with Crippen LogP contribution in [0.2, 0.25) is 0 Å². The summed E-state index contributed by atoms with van der Waals surface area (Å²) in [6.07, 6.45) is 6.53. The molecule has 9 atom stereocenters. The van der Waals surface area contributed by atoms with Gasteiger partial charge in [0, 0.05) is 5.41 Å². The van der Waals surface area contributed by atoms with Crippen molar-refractivity contribution in [2.45, 2.75) is 76.6 Å². The number of ketones is 1. The molecule has 4 heteroatoms. The van der Waals surface area contributed by atoms with Crippen molar-refractivity contribution in [3.05, 3.63) is 0 Å². The van der Waals surface area contributed by atoms with Crippen molar-refractivity contribution < 1.29 is 14.6 Å². The minimum atomic E-state index is -0.489. The van der Waals surface area contributed by atoms with Gasteiger partial charge >= 0.3 is 0 Å². The third-order valence-electron chi connectivity index (χ3n) is 9.10. The summed E-state index contributed by atoms with van der Waals surface area (Å²) in [6, 6.07) is 2.25. The summed E-state index contributed by atoms with van der Waals surface area (Å²) in [5, 5.41) is 20.0. The molecular weight excluding hydrogens is 302 g/mol. The Labute approximate surface area is 143 Å². The topological polar surface area (TPSA) is 73.6 Å². The number of carbonyl (C=O) groups is 1. The lowest BCUT2D eigenvalue weighted by molar-refractivity contribution is -0.138. The second-order valence-electron chi connectivity index (χ2n) is 9.65. The van der Waals surface area contributed by atoms with Crippen molar-refractivity contribution in [3.63, 3.8) is 0 Å². The van der Waals surface area contributed by atoms with Crippen LogP contribution in [0, 0.1) is 45.8 Å². The second-order valence-corrected chi connectivity index (χ2v) is 9.65. The number of nitrogens with zero attached hydrogens (tertiary/aromatic N) is 1. The summed E-state index contributed by atoms with van der Waals surface area (Å²) in [5.41, 5.74) is -0.252. The number of hydrogen-bond donors (Lipinski definition) is 1. The number of fused-ring (bicyclic) bond motifs is 4. The number of Topliss-reactive ketones (excluding diaryl/α,β-unsaturated/α-hetero) is 1. The summed E-state index contributed by atoms with van der Waals surface area (Å²) in [6.45, 7) is 4.59. The quantitative estimate of drug-likeness (QED) is 0.694. The van der Waals surface area contributed by atoms with Crippen molar-refractivity contribution in [1.29, 1.82) is 5.26 Å². The molecule has 0 aromatic heterocycles. The first-order valence-corrected chi connectivity index (χ1v) is 9.67. The number of ether oxygens (including phenoxy) is 1. The van der Waals surface area contributed by atoms with E-state index in [0.717, 1.165) is 38.5 Å². The number of hydrogen-bond acceptors (Lipinski definition) is 4. The van der Waals surface area contributed by atoms with Crippen LogP contribution in [-0.2, 0) is 9.53 Å². The largest absolute Gasteiger partial charge is 0.393 e. The predicted octanol–water partition coefficient (Wildman–Crippen LogP) is 2.84. The molecule has 0 amide bonds. The zero-order valence-electron chi connectivity index (χ0n) is 14.6. The molecule has 0 aromatic rings. The zero-order valence-corrected chi connectivity index (χ0v) is 14.6. The Hall–Kier alpha value is -0.920. The number of carbonyl (C=O) groups excluding carboxylic acids is 1. The Morgan fingerprint density at radius 2 is 1.96 bits per heavy atom. The highest BCUT2D eigenvalue weighted by Gasteiger charge is 2.78. The Morgan fingerprint density at radius 1 is 1.17 bits per heavy atom. The fraction of sp³-hybridized carbons (Fsp3) is 0.900. The molecule has 5 rings (SSSR count). The van der Waals surface area contributed by atoms with Crippen LogP contribution in [0.4, 0.5) is 0 Å². The van der Waals surface area contributed by atoms with Crippen molar-refractivity contribution in [3.8, 4) is 6.07 Å². The second kappa shape index (κ2) is 4.43. The lowest BCUT2D eigenvalue weighted by Crippen LogP contribution is -2.59. The SMILES string of the molecule is C[C@]12CC[C@H]3[C@@H](CC[C@@]45O[C@@H]4C(=O)C(C#N)C[C@]35C)[C@@H]1CC[C@@H]2O. The molecule has 1 heterocycles. The average molecular weight is 329 g/mol. The standard InChI is InChI=1S/C20H27NO3/c1-18-7-6-14-12(13(18)3-4-15(18)22)5-8-20-17(24-20)16(23)11(10-21)9-19(14,20)2/h11-15,17,22H,3-9H2,1-2H3/t11?,12-,13-,14-,15-,17+,18-,19+,20+/m0/s1. The molecule has 1 aliphatic heterocycles. The van der Waals surface area contributed by atoms with E-state index in [4.69, 9.17) is 4.74 Å². The fourth-order valence-corrected chi connectivity index (χ4v) is 7.66. The van der Waals surface area contributed by atoms with Gasteiger partial charge in [0.25, 0.3) is 0 Å². The van der Waals surface area contributed by atoms with Gasteiger partial charge in [0.15, 0.2) is 5.78 Å². The summed E-state index contributed by atoms with van der Waals surface area (Å²) >= 11 is 0. The number of aliphatic hydroxyl groups is 1. The highest BCUT2D eigenvalue weighted by Crippen LogP contribution is 2.72. The van der Waals surface area contributed by atoms with Crippen molar-refractivity contribution in [2.24, 2.45) is 34.5 Å². The fourth-order valence-electron chi connectivity index (χ4n) is 7.66. The Morgan fingerprint density at radius 3 is 2.71 bits per heavy atom. The average Bonchev–Trinajstić information content (AvgIpc) is 3.23. The highest BCUT2D eigenvalue weighted by molar-refractivity contribution is 5.92. The van der Waals surface area contributed by atoms with Crippen molar-refractivity contribution in [1.82, 2.24) is 0 Å². The van der Waals surface area contributed by atoms with E-state index in [-0.39, 0.29) is 34.4 Å². The van der Waals surface area contributed by atoms with Crippen LogP contribution in [0.5, 0.6) is 0 Å². The van der Waals surface area contributed by atoms with E-state index >= 15 is 0 Å². The molecule has 4 nitrogen and oxygen atoms in total. The maximum absolute atomic E-state index is 12.4. The van der Waals surface area contributed by atoms with E-state index < -0.39 is 5.92 Å². The molecule has 4 saturated carbocycles. The van der Waals surface area contributed by atoms with Gasteiger partial charge in [-0.25, -0.2) is 0 Å². The molecule has 5 aliphatic rings. The van der Waals surface area contributed by atoms with Gasteiger partial charge in [0.2, 0.25) is 0 Å². The molecule has 5 fully saturated rings. The molecule has 1 spiro atoms. The zero-order chi connectivity index (χ0) is 16.9. The third kappa shape index (κ3) is 1.51. The minimum absolute atomic E-state index is 0.0327. The number of aliphatic hydroxyl groups excluding tert-OH is 1. The molecular formula is C20H27NO3. The van der Waals surface area contributed by atoms with Gasteiger partial charge in [0.1, 0.15) is 17.6 Å². The molecule has 24 heavy (non-hydrogen) atoms. The first-order valence-electron chi connectivity index (χ1n) is 9.67. The molecule has 0 radical (unpaired) electrons. The molecule has 1 saturated heterocycles. The van der Waals surface area contributed by atoms with Gasteiger partial charge in [-0.05, 0) is 68.1 Å². The summed E-state index contributed by atoms with van der Waals surface area (Å²) in [7, 11) is 0. The van der Waals surface area contributed by atoms with Crippen molar-refractivity contribution in [2.75, 3.05) is 0 Å². The van der Waals surface area contributed by atoms with Gasteiger partial charge in [-0.1, -0.05) is 13.8 Å². The first kappa shape index (κ1) is 15.3. The van der Waals surface area contributed by atoms with E-state index in [1.165, 1.54) is 0 Å². The normalized spacial score (nSPS) is 61.2. The van der Waals surface area contributed by atoms with Gasteiger partial charge in [-0.2, -0.15) is 5.26 Å². The smallest absolute Gasteiger partial charge is 0.181 e. The van der Waals surface area contributed by atoms with Crippen LogP contribution < -0.4 is 0 Å². The Kier molecular flexibility index (Phi) is 2.83. The van der Waals surface area contributed by atoms with E-state index in [0.29, 0.717) is 24.2 Å². The van der Waals surface area contributed by atoms with E-state index in [1.807, 2.05) is 0 Å². The number of rotatable bonds is 0. The van der Waals surface area contributed by atoms with Crippen LogP contribution in [0.25, 0.3) is 0 Å². The summed E-state index contributed by atoms with van der Waals surface area (Å²) in [5.74, 6) is 1.29. The van der Waals surface area contributed by atoms with E-state index in [2.05, 4.69) is 19.9 Å². The number of epoxide rings is 1. The predicted molar refractivity (Wildman–Crippen MR) is 86.7 cm³/mol. The minimum Gasteiger partial charge on any atom is -0.393 e.